The summed E-state index contributed by atoms with van der Waals surface area (Å²) in [4.78, 5) is 29.3. The van der Waals surface area contributed by atoms with E-state index in [2.05, 4.69) is 15.1 Å². The maximum absolute atomic E-state index is 13.0. The van der Waals surface area contributed by atoms with Gasteiger partial charge in [0.15, 0.2) is 5.82 Å². The Hall–Kier alpha value is -3.13. The Morgan fingerprint density at radius 2 is 1.79 bits per heavy atom. The van der Waals surface area contributed by atoms with Gasteiger partial charge in [0.05, 0.1) is 0 Å². The molecule has 1 unspecified atom stereocenters. The predicted molar refractivity (Wildman–Crippen MR) is 111 cm³/mol. The van der Waals surface area contributed by atoms with Crippen LogP contribution < -0.4 is 10.5 Å². The van der Waals surface area contributed by atoms with Crippen LogP contribution >= 0.6 is 11.6 Å². The number of hydrogen-bond acceptors (Lipinski definition) is 5. The fraction of sp³-hybridized carbons (Fsp3) is 0.300. The monoisotopic (exact) mass is 412 g/mol. The maximum atomic E-state index is 13.0. The largest absolute Gasteiger partial charge is 0.368 e. The minimum atomic E-state index is -0.694. The third kappa shape index (κ3) is 4.02. The molecule has 1 atom stereocenters. The number of amides is 1. The summed E-state index contributed by atoms with van der Waals surface area (Å²) >= 11 is 5.95. The van der Waals surface area contributed by atoms with Crippen LogP contribution in [0.4, 0.5) is 5.69 Å². The summed E-state index contributed by atoms with van der Waals surface area (Å²) in [5.74, 6) is 0.370. The van der Waals surface area contributed by atoms with Crippen LogP contribution in [0.2, 0.25) is 5.02 Å². The van der Waals surface area contributed by atoms with Gasteiger partial charge in [0.1, 0.15) is 6.04 Å². The quantitative estimate of drug-likeness (QED) is 0.655. The summed E-state index contributed by atoms with van der Waals surface area (Å²) in [5.41, 5.74) is 0.765. The van der Waals surface area contributed by atoms with Crippen molar-refractivity contribution in [2.24, 2.45) is 0 Å². The van der Waals surface area contributed by atoms with Gasteiger partial charge in [0.2, 0.25) is 5.91 Å². The standard InChI is InChI=1S/C20H21ClN6O2/c1-15(27-19(28)8-7-18(23-27)26-10-2-9-22-26)20(29)25-13-11-24(12-14-25)17-5-3-16(21)4-6-17/h2-10,15H,11-14H2,1H3. The molecule has 1 fully saturated rings. The Bertz CT molecular complexity index is 1040. The fourth-order valence-electron chi connectivity index (χ4n) is 3.42. The molecular formula is C20H21ClN6O2. The molecule has 150 valence electrons. The van der Waals surface area contributed by atoms with E-state index in [-0.39, 0.29) is 11.5 Å². The molecule has 0 N–H and O–H groups in total. The number of rotatable bonds is 4. The van der Waals surface area contributed by atoms with Crippen molar-refractivity contribution < 1.29 is 4.79 Å². The number of carbonyl (C=O) groups is 1. The van der Waals surface area contributed by atoms with E-state index < -0.39 is 6.04 Å². The van der Waals surface area contributed by atoms with Gasteiger partial charge in [0.25, 0.3) is 5.56 Å². The van der Waals surface area contributed by atoms with Gasteiger partial charge in [-0.1, -0.05) is 11.6 Å². The van der Waals surface area contributed by atoms with Gasteiger partial charge < -0.3 is 9.80 Å². The number of piperazine rings is 1. The molecule has 9 heteroatoms. The number of carbonyl (C=O) groups excluding carboxylic acids is 1. The molecule has 0 radical (unpaired) electrons. The zero-order chi connectivity index (χ0) is 20.4. The second-order valence-corrected chi connectivity index (χ2v) is 7.33. The van der Waals surface area contributed by atoms with E-state index in [9.17, 15) is 9.59 Å². The highest BCUT2D eigenvalue weighted by molar-refractivity contribution is 6.30. The van der Waals surface area contributed by atoms with E-state index in [0.29, 0.717) is 23.9 Å². The molecule has 29 heavy (non-hydrogen) atoms. The lowest BCUT2D eigenvalue weighted by Crippen LogP contribution is -2.51. The Morgan fingerprint density at radius 1 is 1.07 bits per heavy atom. The van der Waals surface area contributed by atoms with E-state index in [0.717, 1.165) is 18.8 Å². The highest BCUT2D eigenvalue weighted by Crippen LogP contribution is 2.20. The van der Waals surface area contributed by atoms with Crippen molar-refractivity contribution in [3.8, 4) is 5.82 Å². The third-order valence-electron chi connectivity index (χ3n) is 5.06. The van der Waals surface area contributed by atoms with Crippen molar-refractivity contribution in [2.45, 2.75) is 13.0 Å². The van der Waals surface area contributed by atoms with Crippen molar-refractivity contribution in [3.63, 3.8) is 0 Å². The molecule has 3 aromatic rings. The van der Waals surface area contributed by atoms with E-state index in [1.54, 1.807) is 41.0 Å². The summed E-state index contributed by atoms with van der Waals surface area (Å²) in [6, 6.07) is 11.8. The summed E-state index contributed by atoms with van der Waals surface area (Å²) in [5, 5.41) is 9.16. The van der Waals surface area contributed by atoms with Crippen molar-refractivity contribution in [2.75, 3.05) is 31.1 Å². The van der Waals surface area contributed by atoms with E-state index >= 15 is 0 Å². The first kappa shape index (κ1) is 19.2. The number of hydrogen-bond donors (Lipinski definition) is 0. The zero-order valence-corrected chi connectivity index (χ0v) is 16.7. The number of benzene rings is 1. The van der Waals surface area contributed by atoms with Gasteiger partial charge in [-0.3, -0.25) is 9.59 Å². The average molecular weight is 413 g/mol. The highest BCUT2D eigenvalue weighted by Gasteiger charge is 2.27. The topological polar surface area (TPSA) is 76.3 Å². The molecule has 3 heterocycles. The lowest BCUT2D eigenvalue weighted by atomic mass is 10.2. The Balaban J connectivity index is 1.46. The Labute approximate surface area is 172 Å². The van der Waals surface area contributed by atoms with Crippen molar-refractivity contribution in [3.05, 3.63) is 70.2 Å². The van der Waals surface area contributed by atoms with Gasteiger partial charge in [-0.05, 0) is 43.3 Å². The first-order valence-corrected chi connectivity index (χ1v) is 9.80. The molecule has 1 amide bonds. The molecule has 4 rings (SSSR count). The van der Waals surface area contributed by atoms with Crippen LogP contribution in [0.25, 0.3) is 5.82 Å². The highest BCUT2D eigenvalue weighted by atomic mass is 35.5. The molecule has 1 aromatic carbocycles. The number of halogens is 1. The lowest BCUT2D eigenvalue weighted by Gasteiger charge is -2.37. The van der Waals surface area contributed by atoms with Crippen LogP contribution in [0.3, 0.4) is 0 Å². The minimum Gasteiger partial charge on any atom is -0.368 e. The van der Waals surface area contributed by atoms with Crippen LogP contribution in [-0.2, 0) is 4.79 Å². The second kappa shape index (κ2) is 8.08. The Kier molecular flexibility index (Phi) is 5.35. The smallest absolute Gasteiger partial charge is 0.267 e. The summed E-state index contributed by atoms with van der Waals surface area (Å²) in [6.45, 7) is 4.31. The maximum Gasteiger partial charge on any atom is 0.267 e. The van der Waals surface area contributed by atoms with Gasteiger partial charge >= 0.3 is 0 Å². The van der Waals surface area contributed by atoms with E-state index in [1.807, 2.05) is 24.3 Å². The molecule has 1 aliphatic rings. The van der Waals surface area contributed by atoms with Gasteiger partial charge in [0, 0.05) is 55.3 Å². The lowest BCUT2D eigenvalue weighted by molar-refractivity contribution is -0.135. The second-order valence-electron chi connectivity index (χ2n) is 6.89. The molecule has 1 saturated heterocycles. The van der Waals surface area contributed by atoms with Crippen LogP contribution in [0.15, 0.2) is 59.7 Å². The molecule has 2 aromatic heterocycles. The first-order valence-electron chi connectivity index (χ1n) is 9.42. The van der Waals surface area contributed by atoms with Gasteiger partial charge in [-0.2, -0.15) is 5.10 Å². The van der Waals surface area contributed by atoms with Gasteiger partial charge in [-0.25, -0.2) is 9.36 Å². The normalized spacial score (nSPS) is 15.4. The summed E-state index contributed by atoms with van der Waals surface area (Å²) in [7, 11) is 0. The zero-order valence-electron chi connectivity index (χ0n) is 16.0. The van der Waals surface area contributed by atoms with E-state index in [1.165, 1.54) is 10.7 Å². The van der Waals surface area contributed by atoms with Crippen molar-refractivity contribution in [1.29, 1.82) is 0 Å². The van der Waals surface area contributed by atoms with Crippen LogP contribution in [0.1, 0.15) is 13.0 Å². The third-order valence-corrected chi connectivity index (χ3v) is 5.31. The van der Waals surface area contributed by atoms with Crippen LogP contribution in [-0.4, -0.2) is 56.5 Å². The van der Waals surface area contributed by atoms with E-state index in [4.69, 9.17) is 11.6 Å². The van der Waals surface area contributed by atoms with Crippen molar-refractivity contribution >= 4 is 23.2 Å². The number of anilines is 1. The van der Waals surface area contributed by atoms with Crippen LogP contribution in [0.5, 0.6) is 0 Å². The molecule has 0 aliphatic carbocycles. The predicted octanol–water partition coefficient (Wildman–Crippen LogP) is 1.99. The molecule has 0 bridgehead atoms. The van der Waals surface area contributed by atoms with Crippen LogP contribution in [0, 0.1) is 0 Å². The first-order chi connectivity index (χ1) is 14.0. The molecular weight excluding hydrogens is 392 g/mol. The average Bonchev–Trinajstić information content (AvgIpc) is 3.29. The number of aromatic nitrogens is 4. The Morgan fingerprint density at radius 3 is 2.45 bits per heavy atom. The molecule has 1 aliphatic heterocycles. The molecule has 8 nitrogen and oxygen atoms in total. The molecule has 0 saturated carbocycles. The van der Waals surface area contributed by atoms with Crippen molar-refractivity contribution in [1.82, 2.24) is 24.5 Å². The molecule has 0 spiro atoms. The fourth-order valence-corrected chi connectivity index (χ4v) is 3.55. The minimum absolute atomic E-state index is 0.118. The summed E-state index contributed by atoms with van der Waals surface area (Å²) < 4.78 is 2.78. The number of nitrogens with zero attached hydrogens (tertiary/aromatic N) is 6. The SMILES string of the molecule is CC(C(=O)N1CCN(c2ccc(Cl)cc2)CC1)n1nc(-n2cccn2)ccc1=O. The summed E-state index contributed by atoms with van der Waals surface area (Å²) in [6.07, 6.45) is 3.37. The van der Waals surface area contributed by atoms with Gasteiger partial charge in [-0.15, -0.1) is 5.10 Å².